The summed E-state index contributed by atoms with van der Waals surface area (Å²) in [6.07, 6.45) is 4.65. The number of carbonyl (C=O) groups is 1. The van der Waals surface area contributed by atoms with E-state index in [2.05, 4.69) is 15.0 Å². The maximum Gasteiger partial charge on any atom is 0.213 e. The van der Waals surface area contributed by atoms with Crippen LogP contribution in [0.5, 0.6) is 0 Å². The number of rotatable bonds is 8. The minimum Gasteiger partial charge on any atom is -0.374 e. The molecule has 0 aliphatic carbocycles. The number of Topliss-reactive ketones (excluding diaryl/α,β-unsaturated/α-hetero) is 1. The van der Waals surface area contributed by atoms with Crippen molar-refractivity contribution in [3.05, 3.63) is 90.3 Å². The molecular weight excluding hydrogens is 490 g/mol. The Labute approximate surface area is 218 Å². The number of imidazole rings is 2. The predicted molar refractivity (Wildman–Crippen MR) is 138 cm³/mol. The zero-order chi connectivity index (χ0) is 26.9. The number of halogens is 2. The number of ether oxygens (including phenoxy) is 1. The Hall–Kier alpha value is -4.31. The summed E-state index contributed by atoms with van der Waals surface area (Å²) >= 11 is 0. The third-order valence-corrected chi connectivity index (χ3v) is 5.83. The maximum absolute atomic E-state index is 13.6. The van der Waals surface area contributed by atoms with Gasteiger partial charge in [-0.05, 0) is 63.2 Å². The summed E-state index contributed by atoms with van der Waals surface area (Å²) in [7, 11) is 0. The number of carbonyl (C=O) groups excluding carboxylic acids is 1. The summed E-state index contributed by atoms with van der Waals surface area (Å²) < 4.78 is 36.5. The van der Waals surface area contributed by atoms with Crippen molar-refractivity contribution in [3.8, 4) is 22.6 Å². The number of fused-ring (bicyclic) bond motifs is 1. The first-order chi connectivity index (χ1) is 18.2. The van der Waals surface area contributed by atoms with Gasteiger partial charge in [0.1, 0.15) is 11.5 Å². The van der Waals surface area contributed by atoms with E-state index in [0.29, 0.717) is 35.9 Å². The van der Waals surface area contributed by atoms with Crippen LogP contribution in [-0.2, 0) is 17.7 Å². The molecule has 5 rings (SSSR count). The first-order valence-corrected chi connectivity index (χ1v) is 12.1. The molecule has 0 saturated carbocycles. The Morgan fingerprint density at radius 1 is 1.03 bits per heavy atom. The average molecular weight is 517 g/mol. The lowest BCUT2D eigenvalue weighted by atomic mass is 10.1. The summed E-state index contributed by atoms with van der Waals surface area (Å²) in [5.74, 6) is -1.31. The molecule has 0 aliphatic heterocycles. The second-order valence-electron chi connectivity index (χ2n) is 9.82. The van der Waals surface area contributed by atoms with Crippen molar-refractivity contribution < 1.29 is 18.3 Å². The van der Waals surface area contributed by atoms with Gasteiger partial charge in [-0.2, -0.15) is 9.49 Å². The van der Waals surface area contributed by atoms with Crippen molar-refractivity contribution in [2.75, 3.05) is 6.61 Å². The summed E-state index contributed by atoms with van der Waals surface area (Å²) in [5, 5.41) is 4.75. The van der Waals surface area contributed by atoms with Gasteiger partial charge in [-0.3, -0.25) is 4.79 Å². The molecule has 0 spiro atoms. The Balaban J connectivity index is 1.48. The Bertz CT molecular complexity index is 1600. The minimum absolute atomic E-state index is 0.00888. The van der Waals surface area contributed by atoms with Crippen LogP contribution in [0.15, 0.2) is 67.3 Å². The number of hydrogen-bond acceptors (Lipinski definition) is 6. The van der Waals surface area contributed by atoms with Crippen LogP contribution < -0.4 is 0 Å². The molecule has 0 radical (unpaired) electrons. The third-order valence-electron chi connectivity index (χ3n) is 5.83. The van der Waals surface area contributed by atoms with E-state index in [4.69, 9.17) is 9.84 Å². The normalized spacial score (nSPS) is 11.8. The lowest BCUT2D eigenvalue weighted by Crippen LogP contribution is -2.22. The zero-order valence-electron chi connectivity index (χ0n) is 21.2. The van der Waals surface area contributed by atoms with Crippen LogP contribution >= 0.6 is 0 Å². The molecule has 194 valence electrons. The van der Waals surface area contributed by atoms with E-state index in [9.17, 15) is 13.6 Å². The first kappa shape index (κ1) is 25.3. The topological polar surface area (TPSA) is 87.2 Å². The van der Waals surface area contributed by atoms with Gasteiger partial charge in [0.15, 0.2) is 11.4 Å². The van der Waals surface area contributed by atoms with Gasteiger partial charge in [-0.15, -0.1) is 0 Å². The molecule has 0 atom stereocenters. The van der Waals surface area contributed by atoms with Crippen molar-refractivity contribution in [2.24, 2.45) is 0 Å². The van der Waals surface area contributed by atoms with Crippen LogP contribution in [0.2, 0.25) is 0 Å². The van der Waals surface area contributed by atoms with Gasteiger partial charge in [0, 0.05) is 29.9 Å². The van der Waals surface area contributed by atoms with E-state index < -0.39 is 5.95 Å². The molecule has 10 heteroatoms. The molecule has 4 aromatic heterocycles. The van der Waals surface area contributed by atoms with Crippen LogP contribution in [-0.4, -0.2) is 47.1 Å². The second kappa shape index (κ2) is 10.2. The largest absolute Gasteiger partial charge is 0.374 e. The van der Waals surface area contributed by atoms with Gasteiger partial charge >= 0.3 is 0 Å². The number of hydrogen-bond donors (Lipinski definition) is 0. The lowest BCUT2D eigenvalue weighted by Gasteiger charge is -2.20. The molecule has 0 aliphatic rings. The van der Waals surface area contributed by atoms with Gasteiger partial charge in [0.2, 0.25) is 5.95 Å². The van der Waals surface area contributed by atoms with Crippen LogP contribution in [0.3, 0.4) is 0 Å². The number of aromatic nitrogens is 6. The van der Waals surface area contributed by atoms with Crippen LogP contribution in [0.4, 0.5) is 8.78 Å². The third kappa shape index (κ3) is 5.65. The van der Waals surface area contributed by atoms with Crippen molar-refractivity contribution in [1.82, 2.24) is 29.1 Å². The van der Waals surface area contributed by atoms with Crippen LogP contribution in [0.1, 0.15) is 36.8 Å². The Morgan fingerprint density at radius 3 is 2.55 bits per heavy atom. The highest BCUT2D eigenvalue weighted by Crippen LogP contribution is 2.30. The summed E-state index contributed by atoms with van der Waals surface area (Å²) in [6.45, 7) is 6.98. The van der Waals surface area contributed by atoms with E-state index in [1.807, 2.05) is 31.4 Å². The number of pyridine rings is 1. The van der Waals surface area contributed by atoms with Crippen molar-refractivity contribution >= 4 is 11.4 Å². The quantitative estimate of drug-likeness (QED) is 0.209. The second-order valence-corrected chi connectivity index (χ2v) is 9.82. The van der Waals surface area contributed by atoms with E-state index in [0.717, 1.165) is 17.3 Å². The van der Waals surface area contributed by atoms with Gasteiger partial charge in [0.25, 0.3) is 0 Å². The highest BCUT2D eigenvalue weighted by atomic mass is 19.1. The highest BCUT2D eigenvalue weighted by Gasteiger charge is 2.19. The maximum atomic E-state index is 13.6. The fourth-order valence-corrected chi connectivity index (χ4v) is 4.07. The van der Waals surface area contributed by atoms with Crippen molar-refractivity contribution in [3.63, 3.8) is 0 Å². The first-order valence-electron chi connectivity index (χ1n) is 12.1. The Morgan fingerprint density at radius 2 is 1.82 bits per heavy atom. The average Bonchev–Trinajstić information content (AvgIpc) is 3.47. The molecule has 0 N–H and O–H groups in total. The summed E-state index contributed by atoms with van der Waals surface area (Å²) in [5.41, 5.74) is 3.78. The van der Waals surface area contributed by atoms with E-state index in [-0.39, 0.29) is 29.2 Å². The van der Waals surface area contributed by atoms with Gasteiger partial charge in [-0.1, -0.05) is 0 Å². The van der Waals surface area contributed by atoms with Crippen LogP contribution in [0.25, 0.3) is 28.3 Å². The number of ketones is 1. The fraction of sp³-hybridized carbons (Fsp3) is 0.250. The smallest absolute Gasteiger partial charge is 0.213 e. The van der Waals surface area contributed by atoms with Crippen molar-refractivity contribution in [1.29, 1.82) is 0 Å². The molecule has 4 heterocycles. The molecule has 0 bridgehead atoms. The number of benzene rings is 1. The fourth-order valence-electron chi connectivity index (χ4n) is 4.07. The summed E-state index contributed by atoms with van der Waals surface area (Å²) in [6, 6.07) is 12.4. The monoisotopic (exact) mass is 516 g/mol. The predicted octanol–water partition coefficient (Wildman–Crippen LogP) is 5.17. The van der Waals surface area contributed by atoms with E-state index in [1.165, 1.54) is 24.4 Å². The highest BCUT2D eigenvalue weighted by molar-refractivity contribution is 5.97. The van der Waals surface area contributed by atoms with Crippen molar-refractivity contribution in [2.45, 2.75) is 39.3 Å². The lowest BCUT2D eigenvalue weighted by molar-refractivity contribution is -0.00670. The molecule has 0 unspecified atom stereocenters. The molecule has 0 amide bonds. The molecule has 0 saturated heterocycles. The zero-order valence-corrected chi connectivity index (χ0v) is 21.2. The molecular formula is C28H26F2N6O2. The van der Waals surface area contributed by atoms with E-state index in [1.54, 1.807) is 35.2 Å². The van der Waals surface area contributed by atoms with E-state index >= 15 is 0 Å². The molecule has 38 heavy (non-hydrogen) atoms. The van der Waals surface area contributed by atoms with Crippen LogP contribution in [0, 0.1) is 11.8 Å². The molecule has 5 aromatic rings. The molecule has 8 nitrogen and oxygen atoms in total. The molecule has 0 fully saturated rings. The van der Waals surface area contributed by atoms with Gasteiger partial charge < -0.3 is 9.30 Å². The van der Waals surface area contributed by atoms with Gasteiger partial charge in [-0.25, -0.2) is 23.9 Å². The Kier molecular flexibility index (Phi) is 6.81. The van der Waals surface area contributed by atoms with Gasteiger partial charge in [0.05, 0.1) is 48.2 Å². The minimum atomic E-state index is -0.710. The summed E-state index contributed by atoms with van der Waals surface area (Å²) in [4.78, 5) is 25.2. The molecule has 1 aromatic carbocycles. The number of nitrogens with zero attached hydrogens (tertiary/aromatic N) is 6. The standard InChI is InChI=1S/C28H26F2N6O2/c1-28(2,3)38-13-12-35-17-32-26(18-4-6-20(29)7-5-18)27(35)22-8-9-25-33-21(16-36(25)34-22)15-23(37)19-10-11-31-24(30)14-19/h4-11,14,16-17H,12-13,15H2,1-3H3. The SMILES string of the molecule is CC(C)(C)OCCn1cnc(-c2ccc(F)cc2)c1-c1ccc2nc(CC(=O)c3ccnc(F)c3)cn2n1.